The predicted molar refractivity (Wildman–Crippen MR) is 96.1 cm³/mol. The van der Waals surface area contributed by atoms with Crippen LogP contribution in [0.25, 0.3) is 11.1 Å². The minimum Gasteiger partial charge on any atom is -0.398 e. The number of aryl methyl sites for hydroxylation is 1. The molecule has 0 radical (unpaired) electrons. The van der Waals surface area contributed by atoms with Crippen LogP contribution in [0.3, 0.4) is 0 Å². The molecule has 1 aliphatic rings. The Labute approximate surface area is 139 Å². The second-order valence-corrected chi connectivity index (χ2v) is 6.79. The van der Waals surface area contributed by atoms with Gasteiger partial charge in [-0.05, 0) is 67.6 Å². The van der Waals surface area contributed by atoms with Gasteiger partial charge in [-0.3, -0.25) is 9.88 Å². The number of para-hydroxylation sites is 1. The van der Waals surface area contributed by atoms with Crippen LogP contribution in [-0.4, -0.2) is 23.5 Å². The fraction of sp³-hybridized carbons (Fsp3) is 0.353. The molecule has 0 amide bonds. The van der Waals surface area contributed by atoms with Gasteiger partial charge in [-0.15, -0.1) is 0 Å². The number of nitrogens with two attached hydrogens (primary N) is 1. The Morgan fingerprint density at radius 3 is 2.76 bits per heavy atom. The van der Waals surface area contributed by atoms with Crippen molar-refractivity contribution in [3.63, 3.8) is 0 Å². The van der Waals surface area contributed by atoms with E-state index >= 15 is 0 Å². The van der Waals surface area contributed by atoms with Gasteiger partial charge in [0.05, 0.1) is 5.69 Å². The van der Waals surface area contributed by atoms with E-state index in [1.165, 1.54) is 27.5 Å². The number of rotatable bonds is 2. The fourth-order valence-electron chi connectivity index (χ4n) is 3.15. The molecule has 0 spiro atoms. The summed E-state index contributed by atoms with van der Waals surface area (Å²) in [5.74, 6) is 0. The Balaban J connectivity index is 2.22. The molecule has 1 aromatic heterocycles. The summed E-state index contributed by atoms with van der Waals surface area (Å²) in [6, 6.07) is 8.58. The lowest BCUT2D eigenvalue weighted by Crippen LogP contribution is -2.19. The van der Waals surface area contributed by atoms with Crippen molar-refractivity contribution in [2.24, 2.45) is 0 Å². The van der Waals surface area contributed by atoms with E-state index in [-0.39, 0.29) is 0 Å². The first-order valence-electron chi connectivity index (χ1n) is 7.29. The number of halogens is 1. The van der Waals surface area contributed by atoms with E-state index < -0.39 is 0 Å². The maximum Gasteiger partial charge on any atom is 0.0512 e. The number of hydrogen-bond donors (Lipinski definition) is 1. The molecule has 2 aromatic rings. The number of nitrogens with zero attached hydrogens (tertiary/aromatic N) is 2. The third kappa shape index (κ3) is 2.66. The molecule has 0 bridgehead atoms. The monoisotopic (exact) mass is 393 g/mol. The van der Waals surface area contributed by atoms with Gasteiger partial charge >= 0.3 is 0 Å². The van der Waals surface area contributed by atoms with E-state index in [4.69, 9.17) is 5.73 Å². The van der Waals surface area contributed by atoms with Crippen molar-refractivity contribution in [2.45, 2.75) is 25.8 Å². The number of aromatic nitrogens is 1. The Morgan fingerprint density at radius 2 is 2.10 bits per heavy atom. The maximum absolute atomic E-state index is 6.24. The van der Waals surface area contributed by atoms with E-state index in [1.54, 1.807) is 0 Å². The normalized spacial score (nSPS) is 19.1. The zero-order chi connectivity index (χ0) is 15.0. The predicted octanol–water partition coefficient (Wildman–Crippen LogP) is 4.01. The number of benzene rings is 1. The summed E-state index contributed by atoms with van der Waals surface area (Å²) in [4.78, 5) is 7.02. The molecule has 0 saturated carbocycles. The smallest absolute Gasteiger partial charge is 0.0512 e. The number of hydrogen-bond acceptors (Lipinski definition) is 3. The van der Waals surface area contributed by atoms with Gasteiger partial charge in [0.2, 0.25) is 0 Å². The zero-order valence-electron chi connectivity index (χ0n) is 12.4. The molecule has 110 valence electrons. The average molecular weight is 393 g/mol. The Bertz CT molecular complexity index is 669. The highest BCUT2D eigenvalue weighted by Gasteiger charge is 2.27. The van der Waals surface area contributed by atoms with Gasteiger partial charge in [-0.2, -0.15) is 0 Å². The maximum atomic E-state index is 6.24. The molecule has 4 heteroatoms. The van der Waals surface area contributed by atoms with E-state index in [0.29, 0.717) is 6.04 Å². The van der Waals surface area contributed by atoms with Crippen molar-refractivity contribution in [1.29, 1.82) is 0 Å². The summed E-state index contributed by atoms with van der Waals surface area (Å²) in [6.07, 6.45) is 4.48. The van der Waals surface area contributed by atoms with Gasteiger partial charge in [0.15, 0.2) is 0 Å². The minimum atomic E-state index is 0.446. The Hall–Kier alpha value is -1.14. The van der Waals surface area contributed by atoms with Crippen molar-refractivity contribution in [3.05, 3.63) is 45.3 Å². The first-order chi connectivity index (χ1) is 10.1. The second-order valence-electron chi connectivity index (χ2n) is 5.71. The molecule has 1 saturated heterocycles. The minimum absolute atomic E-state index is 0.446. The van der Waals surface area contributed by atoms with Crippen molar-refractivity contribution in [1.82, 2.24) is 9.88 Å². The highest BCUT2D eigenvalue weighted by molar-refractivity contribution is 14.1. The van der Waals surface area contributed by atoms with Gasteiger partial charge < -0.3 is 5.73 Å². The van der Waals surface area contributed by atoms with Crippen LogP contribution in [0.4, 0.5) is 5.69 Å². The Kier molecular flexibility index (Phi) is 4.17. The van der Waals surface area contributed by atoms with Crippen molar-refractivity contribution >= 4 is 28.3 Å². The lowest BCUT2D eigenvalue weighted by molar-refractivity contribution is 0.317. The van der Waals surface area contributed by atoms with Crippen molar-refractivity contribution in [3.8, 4) is 11.1 Å². The summed E-state index contributed by atoms with van der Waals surface area (Å²) >= 11 is 2.41. The molecule has 2 N–H and O–H groups in total. The summed E-state index contributed by atoms with van der Waals surface area (Å²) in [5, 5.41) is 0. The van der Waals surface area contributed by atoms with E-state index in [0.717, 1.165) is 23.5 Å². The lowest BCUT2D eigenvalue weighted by Gasteiger charge is -2.24. The molecule has 1 fully saturated rings. The highest BCUT2D eigenvalue weighted by atomic mass is 127. The Morgan fingerprint density at radius 1 is 1.33 bits per heavy atom. The number of likely N-dealkylation sites (tertiary alicyclic amines) is 1. The molecule has 1 aliphatic heterocycles. The van der Waals surface area contributed by atoms with E-state index in [2.05, 4.69) is 58.6 Å². The van der Waals surface area contributed by atoms with Crippen LogP contribution in [0, 0.1) is 10.5 Å². The molecular formula is C17H20IN3. The molecule has 0 unspecified atom stereocenters. The highest BCUT2D eigenvalue weighted by Crippen LogP contribution is 2.41. The van der Waals surface area contributed by atoms with Crippen LogP contribution < -0.4 is 5.73 Å². The first kappa shape index (κ1) is 14.8. The molecule has 1 aromatic carbocycles. The number of anilines is 1. The quantitative estimate of drug-likeness (QED) is 0.619. The molecule has 21 heavy (non-hydrogen) atoms. The lowest BCUT2D eigenvalue weighted by atomic mass is 9.94. The van der Waals surface area contributed by atoms with E-state index in [9.17, 15) is 0 Å². The molecule has 1 atom stereocenters. The molecule has 0 aliphatic carbocycles. The molecular weight excluding hydrogens is 373 g/mol. The molecule has 3 rings (SSSR count). The largest absolute Gasteiger partial charge is 0.398 e. The van der Waals surface area contributed by atoms with Gasteiger partial charge in [-0.25, -0.2) is 0 Å². The molecule has 3 nitrogen and oxygen atoms in total. The summed E-state index contributed by atoms with van der Waals surface area (Å²) in [6.45, 7) is 3.21. The summed E-state index contributed by atoms with van der Waals surface area (Å²) in [5.41, 5.74) is 11.8. The van der Waals surface area contributed by atoms with Crippen LogP contribution in [-0.2, 0) is 0 Å². The fourth-order valence-corrected chi connectivity index (χ4v) is 3.89. The van der Waals surface area contributed by atoms with Gasteiger partial charge in [0.1, 0.15) is 0 Å². The zero-order valence-corrected chi connectivity index (χ0v) is 14.6. The van der Waals surface area contributed by atoms with Gasteiger partial charge in [-0.1, -0.05) is 18.2 Å². The third-order valence-electron chi connectivity index (χ3n) is 4.33. The second kappa shape index (κ2) is 5.93. The number of pyridine rings is 1. The van der Waals surface area contributed by atoms with Crippen LogP contribution in [0.2, 0.25) is 0 Å². The average Bonchev–Trinajstić information content (AvgIpc) is 2.89. The van der Waals surface area contributed by atoms with Gasteiger partial charge in [0.25, 0.3) is 0 Å². The SMILES string of the molecule is Cc1ncc([C@@H]2CCCN2C)c(-c2ccccc2N)c1I. The third-order valence-corrected chi connectivity index (χ3v) is 5.65. The summed E-state index contributed by atoms with van der Waals surface area (Å²) < 4.78 is 1.21. The first-order valence-corrected chi connectivity index (χ1v) is 8.37. The van der Waals surface area contributed by atoms with Crippen LogP contribution in [0.15, 0.2) is 30.5 Å². The topological polar surface area (TPSA) is 42.2 Å². The molecule has 2 heterocycles. The summed E-state index contributed by atoms with van der Waals surface area (Å²) in [7, 11) is 2.20. The van der Waals surface area contributed by atoms with Crippen LogP contribution >= 0.6 is 22.6 Å². The van der Waals surface area contributed by atoms with Crippen LogP contribution in [0.5, 0.6) is 0 Å². The van der Waals surface area contributed by atoms with E-state index in [1.807, 2.05) is 18.3 Å². The van der Waals surface area contributed by atoms with Crippen LogP contribution in [0.1, 0.15) is 30.1 Å². The van der Waals surface area contributed by atoms with Gasteiger partial charge in [0, 0.05) is 32.6 Å². The van der Waals surface area contributed by atoms with Crippen molar-refractivity contribution < 1.29 is 0 Å². The number of nitrogen functional groups attached to an aromatic ring is 1. The van der Waals surface area contributed by atoms with Crippen molar-refractivity contribution in [2.75, 3.05) is 19.3 Å². The standard InChI is InChI=1S/C17H20IN3/c1-11-17(18)16(12-6-3-4-7-14(12)19)13(10-20-11)15-8-5-9-21(15)2/h3-4,6-7,10,15H,5,8-9,19H2,1-2H3/t15-/m0/s1.